The minimum atomic E-state index is -5.26. The molecule has 2 aromatic carbocycles. The SMILES string of the molecule is CC(C)c1cc(Oc2c(C(F)(F)F)cc(NC(=O)c3cnccn3)cc2C(F)(F)F)ccc1O. The lowest BCUT2D eigenvalue weighted by molar-refractivity contribution is -0.144. The quantitative estimate of drug-likeness (QED) is 0.410. The van der Waals surface area contributed by atoms with Gasteiger partial charge < -0.3 is 15.2 Å². The number of halogens is 6. The summed E-state index contributed by atoms with van der Waals surface area (Å²) < 4.78 is 88.0. The van der Waals surface area contributed by atoms with Gasteiger partial charge in [0.1, 0.15) is 28.3 Å². The van der Waals surface area contributed by atoms with Crippen molar-refractivity contribution in [1.29, 1.82) is 0 Å². The molecule has 0 saturated carbocycles. The number of benzene rings is 2. The van der Waals surface area contributed by atoms with E-state index in [4.69, 9.17) is 4.74 Å². The molecule has 1 heterocycles. The third-order valence-corrected chi connectivity index (χ3v) is 4.59. The molecule has 0 unspecified atom stereocenters. The number of carbonyl (C=O) groups is 1. The molecule has 3 rings (SSSR count). The maximum atomic E-state index is 13.8. The normalized spacial score (nSPS) is 12.0. The Balaban J connectivity index is 2.13. The fraction of sp³-hybridized carbons (Fsp3) is 0.227. The molecule has 0 bridgehead atoms. The fourth-order valence-electron chi connectivity index (χ4n) is 3.02. The van der Waals surface area contributed by atoms with Crippen molar-refractivity contribution >= 4 is 11.6 Å². The van der Waals surface area contributed by atoms with Gasteiger partial charge in [-0.2, -0.15) is 26.3 Å². The molecule has 0 fully saturated rings. The van der Waals surface area contributed by atoms with E-state index in [2.05, 4.69) is 9.97 Å². The highest BCUT2D eigenvalue weighted by molar-refractivity contribution is 6.02. The number of anilines is 1. The van der Waals surface area contributed by atoms with E-state index in [9.17, 15) is 36.2 Å². The Hall–Kier alpha value is -3.83. The molecule has 34 heavy (non-hydrogen) atoms. The van der Waals surface area contributed by atoms with Crippen molar-refractivity contribution in [2.45, 2.75) is 32.1 Å². The minimum Gasteiger partial charge on any atom is -0.508 e. The zero-order valence-corrected chi connectivity index (χ0v) is 17.6. The monoisotopic (exact) mass is 485 g/mol. The number of hydrogen-bond acceptors (Lipinski definition) is 5. The van der Waals surface area contributed by atoms with Crippen LogP contribution in [-0.2, 0) is 12.4 Å². The van der Waals surface area contributed by atoms with Gasteiger partial charge in [-0.05, 0) is 36.2 Å². The first-order chi connectivity index (χ1) is 15.8. The first-order valence-corrected chi connectivity index (χ1v) is 9.68. The van der Waals surface area contributed by atoms with Crippen LogP contribution in [0.25, 0.3) is 0 Å². The second-order valence-corrected chi connectivity index (χ2v) is 7.42. The lowest BCUT2D eigenvalue weighted by atomic mass is 10.0. The predicted molar refractivity (Wildman–Crippen MR) is 109 cm³/mol. The summed E-state index contributed by atoms with van der Waals surface area (Å²) in [4.78, 5) is 19.5. The van der Waals surface area contributed by atoms with E-state index in [1.165, 1.54) is 6.20 Å². The highest BCUT2D eigenvalue weighted by atomic mass is 19.4. The Morgan fingerprint density at radius 1 is 1.00 bits per heavy atom. The highest BCUT2D eigenvalue weighted by Crippen LogP contribution is 2.48. The molecule has 0 aliphatic carbocycles. The molecule has 180 valence electrons. The summed E-state index contributed by atoms with van der Waals surface area (Å²) in [6.07, 6.45) is -7.15. The van der Waals surface area contributed by atoms with E-state index in [-0.39, 0.29) is 28.7 Å². The number of rotatable bonds is 5. The third kappa shape index (κ3) is 5.56. The molecular weight excluding hydrogens is 468 g/mol. The number of hydrogen-bond donors (Lipinski definition) is 2. The molecule has 6 nitrogen and oxygen atoms in total. The minimum absolute atomic E-state index is 0.184. The van der Waals surface area contributed by atoms with Crippen molar-refractivity contribution < 1.29 is 41.0 Å². The first kappa shape index (κ1) is 24.8. The molecule has 0 radical (unpaired) electrons. The molecule has 0 aliphatic heterocycles. The van der Waals surface area contributed by atoms with Crippen LogP contribution in [0.3, 0.4) is 0 Å². The lowest BCUT2D eigenvalue weighted by Crippen LogP contribution is -2.18. The van der Waals surface area contributed by atoms with E-state index in [0.717, 1.165) is 30.6 Å². The third-order valence-electron chi connectivity index (χ3n) is 4.59. The summed E-state index contributed by atoms with van der Waals surface area (Å²) in [5.41, 5.74) is -4.31. The zero-order valence-electron chi connectivity index (χ0n) is 17.6. The predicted octanol–water partition coefficient (Wildman–Crippen LogP) is 6.39. The van der Waals surface area contributed by atoms with Crippen LogP contribution in [0.5, 0.6) is 17.2 Å². The summed E-state index contributed by atoms with van der Waals surface area (Å²) in [6.45, 7) is 3.35. The molecule has 1 aromatic heterocycles. The van der Waals surface area contributed by atoms with E-state index < -0.39 is 40.8 Å². The summed E-state index contributed by atoms with van der Waals surface area (Å²) in [5.74, 6) is -3.35. The van der Waals surface area contributed by atoms with E-state index in [1.54, 1.807) is 13.8 Å². The van der Waals surface area contributed by atoms with Gasteiger partial charge in [-0.25, -0.2) is 4.98 Å². The molecule has 3 aromatic rings. The van der Waals surface area contributed by atoms with Crippen molar-refractivity contribution in [2.24, 2.45) is 0 Å². The van der Waals surface area contributed by atoms with Crippen molar-refractivity contribution in [3.05, 3.63) is 71.3 Å². The first-order valence-electron chi connectivity index (χ1n) is 9.68. The molecule has 1 amide bonds. The second-order valence-electron chi connectivity index (χ2n) is 7.42. The fourth-order valence-corrected chi connectivity index (χ4v) is 3.02. The van der Waals surface area contributed by atoms with Crippen molar-refractivity contribution in [3.8, 4) is 17.2 Å². The standard InChI is InChI=1S/C22H17F6N3O3/c1-11(2)14-9-13(3-4-18(14)32)34-19-15(21(23,24)25)7-12(8-16(19)22(26,27)28)31-20(33)17-10-29-5-6-30-17/h3-11,32H,1-2H3,(H,31,33). The number of nitrogens with zero attached hydrogens (tertiary/aromatic N) is 2. The summed E-state index contributed by atoms with van der Waals surface area (Å²) in [5, 5.41) is 11.9. The van der Waals surface area contributed by atoms with Gasteiger partial charge in [0.05, 0.1) is 6.20 Å². The van der Waals surface area contributed by atoms with Gasteiger partial charge in [0, 0.05) is 23.6 Å². The van der Waals surface area contributed by atoms with Gasteiger partial charge in [-0.1, -0.05) is 13.8 Å². The summed E-state index contributed by atoms with van der Waals surface area (Å²) >= 11 is 0. The Morgan fingerprint density at radius 2 is 1.62 bits per heavy atom. The Morgan fingerprint density at radius 3 is 2.12 bits per heavy atom. The number of phenols is 1. The maximum Gasteiger partial charge on any atom is 0.420 e. The molecular formula is C22H17F6N3O3. The van der Waals surface area contributed by atoms with Crippen LogP contribution in [0.2, 0.25) is 0 Å². The van der Waals surface area contributed by atoms with Crippen LogP contribution in [-0.4, -0.2) is 21.0 Å². The summed E-state index contributed by atoms with van der Waals surface area (Å²) in [7, 11) is 0. The average molecular weight is 485 g/mol. The van der Waals surface area contributed by atoms with Gasteiger partial charge in [-0.3, -0.25) is 9.78 Å². The van der Waals surface area contributed by atoms with Crippen LogP contribution < -0.4 is 10.1 Å². The number of alkyl halides is 6. The number of nitrogens with one attached hydrogen (secondary N) is 1. The number of aromatic hydroxyl groups is 1. The van der Waals surface area contributed by atoms with Gasteiger partial charge in [0.2, 0.25) is 0 Å². The molecule has 0 aliphatic rings. The van der Waals surface area contributed by atoms with E-state index in [1.807, 2.05) is 5.32 Å². The van der Waals surface area contributed by atoms with Crippen LogP contribution >= 0.6 is 0 Å². The number of ether oxygens (including phenoxy) is 1. The smallest absolute Gasteiger partial charge is 0.420 e. The molecule has 0 atom stereocenters. The van der Waals surface area contributed by atoms with Gasteiger partial charge >= 0.3 is 12.4 Å². The Bertz CT molecular complexity index is 1160. The lowest BCUT2D eigenvalue weighted by Gasteiger charge is -2.21. The number of aromatic nitrogens is 2. The van der Waals surface area contributed by atoms with Gasteiger partial charge in [0.15, 0.2) is 5.75 Å². The van der Waals surface area contributed by atoms with Crippen LogP contribution in [0.15, 0.2) is 48.9 Å². The largest absolute Gasteiger partial charge is 0.508 e. The van der Waals surface area contributed by atoms with Crippen molar-refractivity contribution in [2.75, 3.05) is 5.32 Å². The van der Waals surface area contributed by atoms with Crippen LogP contribution in [0.1, 0.15) is 46.9 Å². The topological polar surface area (TPSA) is 84.3 Å². The Labute approximate surface area is 189 Å². The molecule has 12 heteroatoms. The Kier molecular flexibility index (Phi) is 6.71. The van der Waals surface area contributed by atoms with Crippen LogP contribution in [0, 0.1) is 0 Å². The second kappa shape index (κ2) is 9.20. The van der Waals surface area contributed by atoms with Crippen LogP contribution in [0.4, 0.5) is 32.0 Å². The highest BCUT2D eigenvalue weighted by Gasteiger charge is 2.43. The van der Waals surface area contributed by atoms with Gasteiger partial charge in [-0.15, -0.1) is 0 Å². The average Bonchev–Trinajstić information content (AvgIpc) is 2.74. The van der Waals surface area contributed by atoms with E-state index in [0.29, 0.717) is 12.1 Å². The maximum absolute atomic E-state index is 13.8. The zero-order chi connectivity index (χ0) is 25.3. The van der Waals surface area contributed by atoms with Gasteiger partial charge in [0.25, 0.3) is 5.91 Å². The number of phenolic OH excluding ortho intramolecular Hbond substituents is 1. The van der Waals surface area contributed by atoms with E-state index >= 15 is 0 Å². The molecule has 0 saturated heterocycles. The molecule has 2 N–H and O–H groups in total. The van der Waals surface area contributed by atoms with Crippen molar-refractivity contribution in [3.63, 3.8) is 0 Å². The number of amides is 1. The van der Waals surface area contributed by atoms with Crippen molar-refractivity contribution in [1.82, 2.24) is 9.97 Å². The molecule has 0 spiro atoms. The summed E-state index contributed by atoms with van der Waals surface area (Å²) in [6, 6.07) is 3.99. The number of carbonyl (C=O) groups excluding carboxylic acids is 1.